The van der Waals surface area contributed by atoms with Crippen molar-refractivity contribution in [3.63, 3.8) is 0 Å². The zero-order valence-corrected chi connectivity index (χ0v) is 11.6. The van der Waals surface area contributed by atoms with Gasteiger partial charge in [0.1, 0.15) is 0 Å². The highest BCUT2D eigenvalue weighted by Crippen LogP contribution is 2.31. The van der Waals surface area contributed by atoms with Crippen molar-refractivity contribution in [2.75, 3.05) is 19.7 Å². The molecule has 0 aromatic heterocycles. The molecule has 1 amide bonds. The normalized spacial score (nSPS) is 35.9. The van der Waals surface area contributed by atoms with Crippen molar-refractivity contribution in [1.82, 2.24) is 4.90 Å². The Hall–Kier alpha value is -0.610. The second-order valence-corrected chi connectivity index (χ2v) is 5.69. The lowest BCUT2D eigenvalue weighted by Gasteiger charge is -2.33. The van der Waals surface area contributed by atoms with Crippen molar-refractivity contribution in [1.29, 1.82) is 0 Å². The Kier molecular flexibility index (Phi) is 4.62. The Bertz CT molecular complexity index is 296. The number of amides is 1. The fraction of sp³-hybridized carbons (Fsp3) is 0.929. The van der Waals surface area contributed by atoms with E-state index in [1.165, 1.54) is 12.8 Å². The van der Waals surface area contributed by atoms with Gasteiger partial charge >= 0.3 is 0 Å². The van der Waals surface area contributed by atoms with Crippen LogP contribution in [-0.2, 0) is 9.53 Å². The predicted octanol–water partition coefficient (Wildman–Crippen LogP) is 1.39. The van der Waals surface area contributed by atoms with Crippen molar-refractivity contribution in [3.8, 4) is 0 Å². The number of rotatable bonds is 4. The summed E-state index contributed by atoms with van der Waals surface area (Å²) in [6.07, 6.45) is 4.59. The van der Waals surface area contributed by atoms with Gasteiger partial charge in [-0.3, -0.25) is 4.79 Å². The number of nitrogens with zero attached hydrogens (tertiary/aromatic N) is 1. The van der Waals surface area contributed by atoms with Gasteiger partial charge in [0, 0.05) is 12.6 Å². The molecular weight excluding hydrogens is 228 g/mol. The molecule has 1 saturated carbocycles. The van der Waals surface area contributed by atoms with Gasteiger partial charge in [0.05, 0.1) is 18.6 Å². The predicted molar refractivity (Wildman–Crippen MR) is 71.1 cm³/mol. The maximum absolute atomic E-state index is 12.6. The van der Waals surface area contributed by atoms with Crippen molar-refractivity contribution in [2.24, 2.45) is 17.6 Å². The topological polar surface area (TPSA) is 55.6 Å². The smallest absolute Gasteiger partial charge is 0.228 e. The van der Waals surface area contributed by atoms with Crippen LogP contribution in [0.1, 0.15) is 39.5 Å². The number of nitrogens with two attached hydrogens (primary N) is 1. The van der Waals surface area contributed by atoms with E-state index in [1.54, 1.807) is 0 Å². The van der Waals surface area contributed by atoms with Crippen molar-refractivity contribution in [2.45, 2.75) is 51.7 Å². The van der Waals surface area contributed by atoms with E-state index in [2.05, 4.69) is 11.8 Å². The van der Waals surface area contributed by atoms with Crippen LogP contribution in [0.5, 0.6) is 0 Å². The Morgan fingerprint density at radius 2 is 2.22 bits per heavy atom. The molecule has 0 spiro atoms. The molecule has 2 fully saturated rings. The van der Waals surface area contributed by atoms with Crippen LogP contribution in [0.3, 0.4) is 0 Å². The summed E-state index contributed by atoms with van der Waals surface area (Å²) in [4.78, 5) is 14.6. The minimum atomic E-state index is 0.0685. The summed E-state index contributed by atoms with van der Waals surface area (Å²) in [5.41, 5.74) is 5.83. The van der Waals surface area contributed by atoms with Crippen LogP contribution in [0.4, 0.5) is 0 Å². The average Bonchev–Trinajstić information content (AvgIpc) is 2.98. The summed E-state index contributed by atoms with van der Waals surface area (Å²) in [6.45, 7) is 6.21. The fourth-order valence-electron chi connectivity index (χ4n) is 3.48. The first-order valence-electron chi connectivity index (χ1n) is 7.29. The van der Waals surface area contributed by atoms with E-state index >= 15 is 0 Å². The SMILES string of the molecule is CCN(C(=O)C1COC(C)C1)C1CCCC1CN. The third-order valence-corrected chi connectivity index (χ3v) is 4.49. The molecule has 2 rings (SSSR count). The van der Waals surface area contributed by atoms with E-state index in [-0.39, 0.29) is 17.9 Å². The summed E-state index contributed by atoms with van der Waals surface area (Å²) in [5, 5.41) is 0. The van der Waals surface area contributed by atoms with Crippen LogP contribution in [0.15, 0.2) is 0 Å². The van der Waals surface area contributed by atoms with Gasteiger partial charge < -0.3 is 15.4 Å². The van der Waals surface area contributed by atoms with Crippen LogP contribution >= 0.6 is 0 Å². The average molecular weight is 254 g/mol. The van der Waals surface area contributed by atoms with Gasteiger partial charge in [0.25, 0.3) is 0 Å². The summed E-state index contributed by atoms with van der Waals surface area (Å²) in [5.74, 6) is 0.847. The maximum Gasteiger partial charge on any atom is 0.228 e. The second-order valence-electron chi connectivity index (χ2n) is 5.69. The van der Waals surface area contributed by atoms with Gasteiger partial charge in [-0.05, 0) is 45.6 Å². The molecule has 2 aliphatic rings. The van der Waals surface area contributed by atoms with Gasteiger partial charge in [-0.1, -0.05) is 6.42 Å². The standard InChI is InChI=1S/C14H26N2O2/c1-3-16(13-6-4-5-11(13)8-15)14(17)12-7-10(2)18-9-12/h10-13H,3-9,15H2,1-2H3. The third kappa shape index (κ3) is 2.69. The highest BCUT2D eigenvalue weighted by Gasteiger charge is 2.37. The molecular formula is C14H26N2O2. The first kappa shape index (κ1) is 13.8. The highest BCUT2D eigenvalue weighted by atomic mass is 16.5. The van der Waals surface area contributed by atoms with Crippen molar-refractivity contribution < 1.29 is 9.53 Å². The lowest BCUT2D eigenvalue weighted by atomic mass is 9.98. The van der Waals surface area contributed by atoms with Crippen molar-refractivity contribution in [3.05, 3.63) is 0 Å². The molecule has 104 valence electrons. The molecule has 0 aromatic carbocycles. The Morgan fingerprint density at radius 3 is 2.78 bits per heavy atom. The highest BCUT2D eigenvalue weighted by molar-refractivity contribution is 5.79. The minimum Gasteiger partial charge on any atom is -0.378 e. The third-order valence-electron chi connectivity index (χ3n) is 4.49. The fourth-order valence-corrected chi connectivity index (χ4v) is 3.48. The lowest BCUT2D eigenvalue weighted by molar-refractivity contribution is -0.138. The Labute approximate surface area is 110 Å². The van der Waals surface area contributed by atoms with Gasteiger partial charge in [-0.15, -0.1) is 0 Å². The number of hydrogen-bond donors (Lipinski definition) is 1. The van der Waals surface area contributed by atoms with Crippen LogP contribution in [-0.4, -0.2) is 42.6 Å². The molecule has 0 radical (unpaired) electrons. The number of carbonyl (C=O) groups is 1. The van der Waals surface area contributed by atoms with E-state index in [4.69, 9.17) is 10.5 Å². The van der Waals surface area contributed by atoms with Crippen LogP contribution < -0.4 is 5.73 Å². The summed E-state index contributed by atoms with van der Waals surface area (Å²) >= 11 is 0. The molecule has 18 heavy (non-hydrogen) atoms. The van der Waals surface area contributed by atoms with Crippen LogP contribution in [0.25, 0.3) is 0 Å². The molecule has 2 N–H and O–H groups in total. The first-order chi connectivity index (χ1) is 8.67. The summed E-state index contributed by atoms with van der Waals surface area (Å²) in [7, 11) is 0. The van der Waals surface area contributed by atoms with E-state index in [9.17, 15) is 4.79 Å². The molecule has 4 unspecified atom stereocenters. The zero-order valence-electron chi connectivity index (χ0n) is 11.6. The summed E-state index contributed by atoms with van der Waals surface area (Å²) < 4.78 is 5.52. The molecule has 4 heteroatoms. The lowest BCUT2D eigenvalue weighted by Crippen LogP contribution is -2.46. The van der Waals surface area contributed by atoms with Gasteiger partial charge in [0.2, 0.25) is 5.91 Å². The van der Waals surface area contributed by atoms with E-state index in [0.29, 0.717) is 25.1 Å². The van der Waals surface area contributed by atoms with Crippen LogP contribution in [0.2, 0.25) is 0 Å². The molecule has 1 aliphatic heterocycles. The first-order valence-corrected chi connectivity index (χ1v) is 7.29. The number of hydrogen-bond acceptors (Lipinski definition) is 3. The Morgan fingerprint density at radius 1 is 1.44 bits per heavy atom. The molecule has 1 aliphatic carbocycles. The largest absolute Gasteiger partial charge is 0.378 e. The summed E-state index contributed by atoms with van der Waals surface area (Å²) in [6, 6.07) is 0.364. The second kappa shape index (κ2) is 6.02. The van der Waals surface area contributed by atoms with E-state index in [1.807, 2.05) is 6.92 Å². The molecule has 1 saturated heterocycles. The molecule has 1 heterocycles. The zero-order chi connectivity index (χ0) is 13.1. The van der Waals surface area contributed by atoms with Gasteiger partial charge in [0.15, 0.2) is 0 Å². The molecule has 0 bridgehead atoms. The maximum atomic E-state index is 12.6. The van der Waals surface area contributed by atoms with Crippen LogP contribution in [0, 0.1) is 11.8 Å². The van der Waals surface area contributed by atoms with Gasteiger partial charge in [-0.2, -0.15) is 0 Å². The van der Waals surface area contributed by atoms with E-state index in [0.717, 1.165) is 19.4 Å². The Balaban J connectivity index is 2.01. The number of carbonyl (C=O) groups excluding carboxylic acids is 1. The van der Waals surface area contributed by atoms with Crippen molar-refractivity contribution >= 4 is 5.91 Å². The van der Waals surface area contributed by atoms with Gasteiger partial charge in [-0.25, -0.2) is 0 Å². The quantitative estimate of drug-likeness (QED) is 0.825. The molecule has 4 nitrogen and oxygen atoms in total. The number of ether oxygens (including phenoxy) is 1. The molecule has 4 atom stereocenters. The molecule has 0 aromatic rings. The monoisotopic (exact) mass is 254 g/mol. The van der Waals surface area contributed by atoms with E-state index < -0.39 is 0 Å². The minimum absolute atomic E-state index is 0.0685.